The van der Waals surface area contributed by atoms with Gasteiger partial charge in [0.2, 0.25) is 10.0 Å². The summed E-state index contributed by atoms with van der Waals surface area (Å²) >= 11 is 6.03. The third kappa shape index (κ3) is 4.44. The maximum atomic E-state index is 13.3. The number of carbonyl (C=O) groups excluding carboxylic acids is 1. The number of benzene rings is 2. The van der Waals surface area contributed by atoms with Crippen LogP contribution in [0.5, 0.6) is 5.75 Å². The van der Waals surface area contributed by atoms with Crippen LogP contribution in [0.4, 0.5) is 5.69 Å². The monoisotopic (exact) mass is 484 g/mol. The largest absolute Gasteiger partial charge is 0.506 e. The summed E-state index contributed by atoms with van der Waals surface area (Å²) in [5, 5.41) is 18.7. The van der Waals surface area contributed by atoms with Crippen LogP contribution in [-0.2, 0) is 16.6 Å². The lowest BCUT2D eigenvalue weighted by atomic mass is 10.1. The molecule has 0 aliphatic carbocycles. The second kappa shape index (κ2) is 8.66. The Morgan fingerprint density at radius 3 is 2.48 bits per heavy atom. The van der Waals surface area contributed by atoms with Crippen molar-refractivity contribution in [2.45, 2.75) is 11.4 Å². The number of halogens is 1. The summed E-state index contributed by atoms with van der Waals surface area (Å²) in [4.78, 5) is 30.3. The van der Waals surface area contributed by atoms with Crippen molar-refractivity contribution in [2.24, 2.45) is 5.14 Å². The first-order chi connectivity index (χ1) is 15.7. The number of aromatic hydroxyl groups is 1. The third-order valence-electron chi connectivity index (χ3n) is 4.89. The molecule has 2 heterocycles. The zero-order valence-corrected chi connectivity index (χ0v) is 18.5. The van der Waals surface area contributed by atoms with Crippen molar-refractivity contribution in [3.63, 3.8) is 0 Å². The van der Waals surface area contributed by atoms with Gasteiger partial charge in [-0.1, -0.05) is 54.1 Å². The Hall–Kier alpha value is -3.73. The van der Waals surface area contributed by atoms with E-state index in [4.69, 9.17) is 16.7 Å². The fourth-order valence-electron chi connectivity index (χ4n) is 3.41. The van der Waals surface area contributed by atoms with Gasteiger partial charge >= 0.3 is 0 Å². The number of fused-ring (bicyclic) bond motifs is 1. The van der Waals surface area contributed by atoms with Gasteiger partial charge in [-0.2, -0.15) is 0 Å². The average Bonchev–Trinajstić information content (AvgIpc) is 2.77. The molecule has 0 unspecified atom stereocenters. The summed E-state index contributed by atoms with van der Waals surface area (Å²) in [6.45, 7) is 0.0686. The van der Waals surface area contributed by atoms with Crippen LogP contribution in [0.3, 0.4) is 0 Å². The molecule has 33 heavy (non-hydrogen) atoms. The number of anilines is 1. The highest BCUT2D eigenvalue weighted by Crippen LogP contribution is 2.29. The predicted octanol–water partition coefficient (Wildman–Crippen LogP) is 2.70. The molecule has 0 spiro atoms. The van der Waals surface area contributed by atoms with E-state index in [2.05, 4.69) is 10.3 Å². The molecule has 0 aliphatic heterocycles. The number of rotatable bonds is 5. The van der Waals surface area contributed by atoms with Crippen LogP contribution >= 0.6 is 11.6 Å². The van der Waals surface area contributed by atoms with E-state index in [9.17, 15) is 23.1 Å². The molecule has 0 saturated heterocycles. The molecule has 4 aromatic rings. The molecule has 0 radical (unpaired) electrons. The maximum Gasteiger partial charge on any atom is 0.269 e. The molecule has 4 rings (SSSR count). The molecular formula is C22H17ClN4O5S. The van der Waals surface area contributed by atoms with E-state index in [1.807, 2.05) is 6.07 Å². The molecule has 0 fully saturated rings. The normalized spacial score (nSPS) is 11.5. The molecule has 1 amide bonds. The van der Waals surface area contributed by atoms with Crippen molar-refractivity contribution >= 4 is 44.3 Å². The van der Waals surface area contributed by atoms with Crippen LogP contribution in [0, 0.1) is 0 Å². The van der Waals surface area contributed by atoms with Crippen LogP contribution in [0.25, 0.3) is 11.0 Å². The van der Waals surface area contributed by atoms with Crippen molar-refractivity contribution in [3.8, 4) is 5.75 Å². The zero-order chi connectivity index (χ0) is 23.8. The molecule has 0 aliphatic rings. The molecule has 9 nitrogen and oxygen atoms in total. The Balaban J connectivity index is 1.90. The van der Waals surface area contributed by atoms with Gasteiger partial charge in [0.25, 0.3) is 11.5 Å². The van der Waals surface area contributed by atoms with Gasteiger partial charge in [0, 0.05) is 6.20 Å². The standard InChI is InChI=1S/C22H17ClN4O5S/c23-14-10-15-19(28)18(21(29)26-16-8-4-5-9-17(16)33(24,31)32)22(30)27(20(15)25-11-14)12-13-6-2-1-3-7-13/h1-11,28H,12H2,(H,26,29)(H2,24,31,32). The number of amides is 1. The number of hydrogen-bond acceptors (Lipinski definition) is 6. The minimum absolute atomic E-state index is 0.0686. The second-order valence-electron chi connectivity index (χ2n) is 7.12. The van der Waals surface area contributed by atoms with E-state index in [1.165, 1.54) is 41.1 Å². The number of nitrogens with one attached hydrogen (secondary N) is 1. The van der Waals surface area contributed by atoms with E-state index in [0.717, 1.165) is 5.56 Å². The quantitative estimate of drug-likeness (QED) is 0.397. The van der Waals surface area contributed by atoms with E-state index >= 15 is 0 Å². The van der Waals surface area contributed by atoms with Crippen LogP contribution < -0.4 is 16.0 Å². The summed E-state index contributed by atoms with van der Waals surface area (Å²) in [6, 6.07) is 15.8. The van der Waals surface area contributed by atoms with Crippen molar-refractivity contribution in [3.05, 3.63) is 93.4 Å². The molecule has 2 aromatic carbocycles. The van der Waals surface area contributed by atoms with Crippen molar-refractivity contribution in [1.82, 2.24) is 9.55 Å². The number of carbonyl (C=O) groups is 1. The first-order valence-electron chi connectivity index (χ1n) is 9.55. The molecular weight excluding hydrogens is 468 g/mol. The Morgan fingerprint density at radius 1 is 1.12 bits per heavy atom. The Kier molecular flexibility index (Phi) is 5.90. The topological polar surface area (TPSA) is 144 Å². The number of sulfonamides is 1. The zero-order valence-electron chi connectivity index (χ0n) is 16.9. The summed E-state index contributed by atoms with van der Waals surface area (Å²) < 4.78 is 25.0. The lowest BCUT2D eigenvalue weighted by Gasteiger charge is -2.15. The molecule has 0 saturated carbocycles. The highest BCUT2D eigenvalue weighted by Gasteiger charge is 2.25. The minimum atomic E-state index is -4.16. The highest BCUT2D eigenvalue weighted by molar-refractivity contribution is 7.89. The van der Waals surface area contributed by atoms with Crippen molar-refractivity contribution < 1.29 is 18.3 Å². The van der Waals surface area contributed by atoms with Crippen molar-refractivity contribution in [1.29, 1.82) is 0 Å². The number of para-hydroxylation sites is 1. The lowest BCUT2D eigenvalue weighted by molar-refractivity contribution is 0.102. The second-order valence-corrected chi connectivity index (χ2v) is 9.09. The third-order valence-corrected chi connectivity index (χ3v) is 6.07. The molecule has 4 N–H and O–H groups in total. The van der Waals surface area contributed by atoms with Crippen LogP contribution in [0.1, 0.15) is 15.9 Å². The maximum absolute atomic E-state index is 13.3. The van der Waals surface area contributed by atoms with Gasteiger partial charge in [-0.05, 0) is 23.8 Å². The Bertz CT molecular complexity index is 1550. The fourth-order valence-corrected chi connectivity index (χ4v) is 4.26. The number of primary sulfonamides is 1. The number of nitrogens with zero attached hydrogens (tertiary/aromatic N) is 2. The van der Waals surface area contributed by atoms with Gasteiger partial charge in [0.05, 0.1) is 22.6 Å². The SMILES string of the molecule is NS(=O)(=O)c1ccccc1NC(=O)c1c(O)c2cc(Cl)cnc2n(Cc2ccccc2)c1=O. The van der Waals surface area contributed by atoms with Gasteiger partial charge in [-0.15, -0.1) is 0 Å². The van der Waals surface area contributed by atoms with E-state index < -0.39 is 32.8 Å². The Labute approximate surface area is 193 Å². The first kappa shape index (κ1) is 22.5. The van der Waals surface area contributed by atoms with Crippen LogP contribution in [-0.4, -0.2) is 29.0 Å². The number of aromatic nitrogens is 2. The number of pyridine rings is 2. The Morgan fingerprint density at radius 2 is 1.79 bits per heavy atom. The molecule has 11 heteroatoms. The lowest BCUT2D eigenvalue weighted by Crippen LogP contribution is -2.31. The van der Waals surface area contributed by atoms with Gasteiger partial charge < -0.3 is 10.4 Å². The van der Waals surface area contributed by atoms with Gasteiger partial charge in [0.15, 0.2) is 0 Å². The number of hydrogen-bond donors (Lipinski definition) is 3. The van der Waals surface area contributed by atoms with E-state index in [-0.39, 0.29) is 33.2 Å². The summed E-state index contributed by atoms with van der Waals surface area (Å²) in [5.41, 5.74) is -0.653. The van der Waals surface area contributed by atoms with Gasteiger partial charge in [-0.3, -0.25) is 14.2 Å². The predicted molar refractivity (Wildman–Crippen MR) is 124 cm³/mol. The summed E-state index contributed by atoms with van der Waals surface area (Å²) in [5.74, 6) is -1.64. The number of nitrogens with two attached hydrogens (primary N) is 1. The molecule has 0 atom stereocenters. The molecule has 2 aromatic heterocycles. The summed E-state index contributed by atoms with van der Waals surface area (Å²) in [6.07, 6.45) is 1.33. The van der Waals surface area contributed by atoms with Gasteiger partial charge in [0.1, 0.15) is 21.9 Å². The summed E-state index contributed by atoms with van der Waals surface area (Å²) in [7, 11) is -4.16. The smallest absolute Gasteiger partial charge is 0.269 e. The van der Waals surface area contributed by atoms with E-state index in [1.54, 1.807) is 24.3 Å². The first-order valence-corrected chi connectivity index (χ1v) is 11.5. The molecule has 0 bridgehead atoms. The van der Waals surface area contributed by atoms with E-state index in [0.29, 0.717) is 0 Å². The highest BCUT2D eigenvalue weighted by atomic mass is 35.5. The fraction of sp³-hybridized carbons (Fsp3) is 0.0455. The van der Waals surface area contributed by atoms with Gasteiger partial charge in [-0.25, -0.2) is 18.5 Å². The average molecular weight is 485 g/mol. The van der Waals surface area contributed by atoms with Crippen LogP contribution in [0.2, 0.25) is 5.02 Å². The van der Waals surface area contributed by atoms with Crippen molar-refractivity contribution in [2.75, 3.05) is 5.32 Å². The van der Waals surface area contributed by atoms with Crippen LogP contribution in [0.15, 0.2) is 76.6 Å². The molecule has 168 valence electrons. The minimum Gasteiger partial charge on any atom is -0.506 e.